The molecule has 0 fully saturated rings. The Morgan fingerprint density at radius 3 is 2.41 bits per heavy atom. The molecular weight excluding hydrogens is 472 g/mol. The molecule has 174 valence electrons. The van der Waals surface area contributed by atoms with E-state index in [4.69, 9.17) is 9.47 Å². The second kappa shape index (κ2) is 13.1. The molecule has 0 unspecified atom stereocenters. The molecule has 2 rings (SSSR count). The van der Waals surface area contributed by atoms with E-state index in [1.807, 2.05) is 62.4 Å². The van der Waals surface area contributed by atoms with Gasteiger partial charge in [-0.15, -0.1) is 0 Å². The molecule has 0 spiro atoms. The smallest absolute Gasteiger partial charge is 0.242 e. The van der Waals surface area contributed by atoms with Crippen molar-refractivity contribution in [3.05, 3.63) is 58.6 Å². The molecular formula is C25H33BrN2O4. The highest BCUT2D eigenvalue weighted by Gasteiger charge is 2.26. The van der Waals surface area contributed by atoms with Crippen molar-refractivity contribution in [1.82, 2.24) is 10.2 Å². The van der Waals surface area contributed by atoms with Crippen LogP contribution in [0.4, 0.5) is 0 Å². The predicted molar refractivity (Wildman–Crippen MR) is 130 cm³/mol. The second-order valence-corrected chi connectivity index (χ2v) is 8.69. The van der Waals surface area contributed by atoms with Crippen molar-refractivity contribution in [1.29, 1.82) is 0 Å². The van der Waals surface area contributed by atoms with Crippen LogP contribution in [0.3, 0.4) is 0 Å². The van der Waals surface area contributed by atoms with Gasteiger partial charge in [-0.1, -0.05) is 35.0 Å². The lowest BCUT2D eigenvalue weighted by Crippen LogP contribution is -2.49. The van der Waals surface area contributed by atoms with E-state index in [0.29, 0.717) is 26.0 Å². The molecule has 0 saturated carbocycles. The van der Waals surface area contributed by atoms with Crippen LogP contribution < -0.4 is 14.8 Å². The molecule has 0 bridgehead atoms. The van der Waals surface area contributed by atoms with E-state index in [-0.39, 0.29) is 17.9 Å². The van der Waals surface area contributed by atoms with Gasteiger partial charge in [-0.3, -0.25) is 9.59 Å². The molecule has 0 radical (unpaired) electrons. The number of nitrogens with one attached hydrogen (secondary N) is 1. The first-order chi connectivity index (χ1) is 15.3. The topological polar surface area (TPSA) is 67.9 Å². The van der Waals surface area contributed by atoms with Crippen LogP contribution in [-0.4, -0.2) is 42.5 Å². The molecule has 2 aromatic rings. The second-order valence-electron chi connectivity index (χ2n) is 7.77. The minimum absolute atomic E-state index is 0.0608. The summed E-state index contributed by atoms with van der Waals surface area (Å²) in [4.78, 5) is 27.5. The number of hydrogen-bond acceptors (Lipinski definition) is 4. The summed E-state index contributed by atoms with van der Waals surface area (Å²) >= 11 is 3.47. The lowest BCUT2D eigenvalue weighted by atomic mass is 10.1. The number of carbonyl (C=O) groups excluding carboxylic acids is 2. The van der Waals surface area contributed by atoms with Crippen LogP contribution in [0.1, 0.15) is 45.6 Å². The highest BCUT2D eigenvalue weighted by atomic mass is 79.9. The van der Waals surface area contributed by atoms with Crippen molar-refractivity contribution < 1.29 is 19.1 Å². The Balaban J connectivity index is 1.99. The molecule has 2 atom stereocenters. The van der Waals surface area contributed by atoms with E-state index < -0.39 is 6.04 Å². The third-order valence-electron chi connectivity index (χ3n) is 5.27. The highest BCUT2D eigenvalue weighted by molar-refractivity contribution is 9.10. The summed E-state index contributed by atoms with van der Waals surface area (Å²) in [6.45, 7) is 6.54. The Labute approximate surface area is 199 Å². The average Bonchev–Trinajstić information content (AvgIpc) is 2.80. The van der Waals surface area contributed by atoms with E-state index in [1.165, 1.54) is 0 Å². The lowest BCUT2D eigenvalue weighted by molar-refractivity contribution is -0.141. The van der Waals surface area contributed by atoms with Crippen molar-refractivity contribution in [2.45, 2.75) is 58.7 Å². The number of rotatable bonds is 12. The van der Waals surface area contributed by atoms with Gasteiger partial charge in [0.1, 0.15) is 17.5 Å². The van der Waals surface area contributed by atoms with Gasteiger partial charge in [-0.25, -0.2) is 0 Å². The molecule has 6 nitrogen and oxygen atoms in total. The number of nitrogens with zero attached hydrogens (tertiary/aromatic N) is 1. The fourth-order valence-corrected chi connectivity index (χ4v) is 3.56. The van der Waals surface area contributed by atoms with Crippen molar-refractivity contribution >= 4 is 27.7 Å². The number of ether oxygens (including phenoxy) is 2. The van der Waals surface area contributed by atoms with Gasteiger partial charge in [-0.2, -0.15) is 0 Å². The fraction of sp³-hybridized carbons (Fsp3) is 0.440. The van der Waals surface area contributed by atoms with Gasteiger partial charge >= 0.3 is 0 Å². The largest absolute Gasteiger partial charge is 0.497 e. The third kappa shape index (κ3) is 8.19. The van der Waals surface area contributed by atoms with Gasteiger partial charge in [0.05, 0.1) is 13.7 Å². The van der Waals surface area contributed by atoms with Crippen LogP contribution in [0.25, 0.3) is 0 Å². The summed E-state index contributed by atoms with van der Waals surface area (Å²) in [7, 11) is 1.62. The molecule has 0 aliphatic carbocycles. The first-order valence-electron chi connectivity index (χ1n) is 10.9. The summed E-state index contributed by atoms with van der Waals surface area (Å²) in [5.41, 5.74) is 0.963. The Kier molecular flexibility index (Phi) is 10.5. The maximum atomic E-state index is 13.1. The Morgan fingerprint density at radius 2 is 1.78 bits per heavy atom. The van der Waals surface area contributed by atoms with E-state index in [0.717, 1.165) is 28.0 Å². The summed E-state index contributed by atoms with van der Waals surface area (Å²) in [6.07, 6.45) is 1.69. The van der Waals surface area contributed by atoms with E-state index in [9.17, 15) is 9.59 Å². The van der Waals surface area contributed by atoms with Crippen LogP contribution in [0.2, 0.25) is 0 Å². The van der Waals surface area contributed by atoms with Crippen LogP contribution in [-0.2, 0) is 16.1 Å². The molecule has 0 saturated heterocycles. The zero-order valence-corrected chi connectivity index (χ0v) is 20.9. The van der Waals surface area contributed by atoms with Crippen LogP contribution in [0.15, 0.2) is 53.0 Å². The van der Waals surface area contributed by atoms with Gasteiger partial charge < -0.3 is 19.7 Å². The molecule has 2 amide bonds. The summed E-state index contributed by atoms with van der Waals surface area (Å²) in [5.74, 6) is 1.28. The van der Waals surface area contributed by atoms with E-state index >= 15 is 0 Å². The van der Waals surface area contributed by atoms with Crippen LogP contribution in [0, 0.1) is 0 Å². The number of benzene rings is 2. The molecule has 0 aromatic heterocycles. The number of carbonyl (C=O) groups is 2. The minimum Gasteiger partial charge on any atom is -0.497 e. The Bertz CT molecular complexity index is 873. The summed E-state index contributed by atoms with van der Waals surface area (Å²) < 4.78 is 11.8. The third-order valence-corrected chi connectivity index (χ3v) is 5.77. The summed E-state index contributed by atoms with van der Waals surface area (Å²) in [5, 5.41) is 2.98. The van der Waals surface area contributed by atoms with Gasteiger partial charge in [0.25, 0.3) is 0 Å². The van der Waals surface area contributed by atoms with Gasteiger partial charge in [-0.05, 0) is 68.7 Å². The Morgan fingerprint density at radius 1 is 1.09 bits per heavy atom. The molecule has 0 aliphatic heterocycles. The van der Waals surface area contributed by atoms with Crippen molar-refractivity contribution in [3.8, 4) is 11.5 Å². The maximum Gasteiger partial charge on any atom is 0.242 e. The SMILES string of the molecule is CC[C@H](C)NC(=O)[C@H](C)N(Cc1cccc(Br)c1)C(=O)CCCOc1ccc(OC)cc1. The van der Waals surface area contributed by atoms with E-state index in [2.05, 4.69) is 21.2 Å². The fourth-order valence-electron chi connectivity index (χ4n) is 3.11. The van der Waals surface area contributed by atoms with Crippen LogP contribution >= 0.6 is 15.9 Å². The minimum atomic E-state index is -0.571. The first-order valence-corrected chi connectivity index (χ1v) is 11.7. The zero-order chi connectivity index (χ0) is 23.5. The molecule has 0 heterocycles. The van der Waals surface area contributed by atoms with Crippen molar-refractivity contribution in [2.24, 2.45) is 0 Å². The van der Waals surface area contributed by atoms with E-state index in [1.54, 1.807) is 18.9 Å². The number of methoxy groups -OCH3 is 1. The first kappa shape index (κ1) is 25.7. The molecule has 2 aromatic carbocycles. The van der Waals surface area contributed by atoms with Gasteiger partial charge in [0.15, 0.2) is 0 Å². The quantitative estimate of drug-likeness (QED) is 0.415. The number of halogens is 1. The molecule has 0 aliphatic rings. The van der Waals surface area contributed by atoms with Gasteiger partial charge in [0.2, 0.25) is 11.8 Å². The molecule has 32 heavy (non-hydrogen) atoms. The van der Waals surface area contributed by atoms with Crippen molar-refractivity contribution in [2.75, 3.05) is 13.7 Å². The van der Waals surface area contributed by atoms with Crippen LogP contribution in [0.5, 0.6) is 11.5 Å². The lowest BCUT2D eigenvalue weighted by Gasteiger charge is -2.30. The molecule has 7 heteroatoms. The van der Waals surface area contributed by atoms with Crippen molar-refractivity contribution in [3.63, 3.8) is 0 Å². The maximum absolute atomic E-state index is 13.1. The average molecular weight is 505 g/mol. The molecule has 1 N–H and O–H groups in total. The Hall–Kier alpha value is -2.54. The number of amides is 2. The summed E-state index contributed by atoms with van der Waals surface area (Å²) in [6, 6.07) is 14.6. The zero-order valence-electron chi connectivity index (χ0n) is 19.3. The monoisotopic (exact) mass is 504 g/mol. The predicted octanol–water partition coefficient (Wildman–Crippen LogP) is 4.95. The standard InChI is InChI=1S/C25H33BrN2O4/c1-5-18(2)27-25(30)19(3)28(17-20-8-6-9-21(26)16-20)24(29)10-7-15-32-23-13-11-22(31-4)12-14-23/h6,8-9,11-14,16,18-19H,5,7,10,15,17H2,1-4H3,(H,27,30)/t18-,19-/m0/s1. The number of hydrogen-bond donors (Lipinski definition) is 1. The van der Waals surface area contributed by atoms with Gasteiger partial charge in [0, 0.05) is 23.5 Å². The normalized spacial score (nSPS) is 12.5. The highest BCUT2D eigenvalue weighted by Crippen LogP contribution is 2.18.